The minimum atomic E-state index is -0.0190. The molecule has 0 fully saturated rings. The van der Waals surface area contributed by atoms with Crippen molar-refractivity contribution in [3.8, 4) is 0 Å². The second-order valence-corrected chi connectivity index (χ2v) is 6.93. The first-order valence-electron chi connectivity index (χ1n) is 7.20. The fraction of sp³-hybridized carbons (Fsp3) is 0.412. The van der Waals surface area contributed by atoms with Gasteiger partial charge in [0.15, 0.2) is 0 Å². The maximum Gasteiger partial charge on any atom is 0.144 e. The van der Waals surface area contributed by atoms with E-state index >= 15 is 0 Å². The minimum Gasteiger partial charge on any atom is -0.372 e. The van der Waals surface area contributed by atoms with Crippen LogP contribution in [-0.4, -0.2) is 17.0 Å². The van der Waals surface area contributed by atoms with E-state index in [4.69, 9.17) is 4.98 Å². The standard InChI is InChI=1S/C17H22BrN3/c1-17(2,3)15-14(18)16(19-4)21-13(20-15)11-10-12-8-6-5-7-9-12/h5-9H,10-11H2,1-4H3,(H,19,20,21). The largest absolute Gasteiger partial charge is 0.372 e. The summed E-state index contributed by atoms with van der Waals surface area (Å²) < 4.78 is 0.959. The molecule has 0 spiro atoms. The monoisotopic (exact) mass is 347 g/mol. The average Bonchev–Trinajstić information content (AvgIpc) is 2.46. The van der Waals surface area contributed by atoms with Crippen LogP contribution in [0.3, 0.4) is 0 Å². The maximum absolute atomic E-state index is 4.77. The third kappa shape index (κ3) is 4.03. The summed E-state index contributed by atoms with van der Waals surface area (Å²) in [6.07, 6.45) is 1.80. The van der Waals surface area contributed by atoms with Crippen molar-refractivity contribution in [2.45, 2.75) is 39.0 Å². The third-order valence-corrected chi connectivity index (χ3v) is 4.08. The summed E-state index contributed by atoms with van der Waals surface area (Å²) in [6, 6.07) is 10.5. The SMILES string of the molecule is CNc1nc(CCc2ccccc2)nc(C(C)(C)C)c1Br. The van der Waals surface area contributed by atoms with Crippen LogP contribution in [0.1, 0.15) is 37.9 Å². The van der Waals surface area contributed by atoms with Crippen LogP contribution in [0.2, 0.25) is 0 Å². The van der Waals surface area contributed by atoms with Gasteiger partial charge < -0.3 is 5.32 Å². The van der Waals surface area contributed by atoms with Gasteiger partial charge in [0.25, 0.3) is 0 Å². The summed E-state index contributed by atoms with van der Waals surface area (Å²) in [5.41, 5.74) is 2.34. The molecule has 0 amide bonds. The Balaban J connectivity index is 2.27. The Morgan fingerprint density at radius 3 is 2.29 bits per heavy atom. The normalized spacial score (nSPS) is 11.5. The van der Waals surface area contributed by atoms with Crippen molar-refractivity contribution >= 4 is 21.7 Å². The second kappa shape index (κ2) is 6.56. The van der Waals surface area contributed by atoms with Gasteiger partial charge >= 0.3 is 0 Å². The van der Waals surface area contributed by atoms with Crippen LogP contribution in [0.25, 0.3) is 0 Å². The number of nitrogens with one attached hydrogen (secondary N) is 1. The van der Waals surface area contributed by atoms with E-state index in [1.807, 2.05) is 13.1 Å². The summed E-state index contributed by atoms with van der Waals surface area (Å²) >= 11 is 3.62. The van der Waals surface area contributed by atoms with Crippen LogP contribution >= 0.6 is 15.9 Å². The molecule has 1 aromatic heterocycles. The number of benzene rings is 1. The predicted molar refractivity (Wildman–Crippen MR) is 91.8 cm³/mol. The molecule has 0 aliphatic rings. The molecule has 0 bridgehead atoms. The summed E-state index contributed by atoms with van der Waals surface area (Å²) in [5, 5.41) is 3.15. The number of hydrogen-bond donors (Lipinski definition) is 1. The molecule has 1 heterocycles. The van der Waals surface area contributed by atoms with Crippen LogP contribution in [0, 0.1) is 0 Å². The fourth-order valence-corrected chi connectivity index (χ4v) is 3.14. The molecule has 112 valence electrons. The minimum absolute atomic E-state index is 0.0190. The molecule has 0 aliphatic carbocycles. The second-order valence-electron chi connectivity index (χ2n) is 6.14. The summed E-state index contributed by atoms with van der Waals surface area (Å²) in [6.45, 7) is 6.50. The highest BCUT2D eigenvalue weighted by atomic mass is 79.9. The van der Waals surface area contributed by atoms with Crippen molar-refractivity contribution in [1.82, 2.24) is 9.97 Å². The Labute approximate surface area is 135 Å². The topological polar surface area (TPSA) is 37.8 Å². The molecule has 0 saturated carbocycles. The molecule has 0 radical (unpaired) electrons. The first-order chi connectivity index (χ1) is 9.91. The number of rotatable bonds is 4. The molecule has 0 aliphatic heterocycles. The first-order valence-corrected chi connectivity index (χ1v) is 7.99. The smallest absolute Gasteiger partial charge is 0.144 e. The number of aromatic nitrogens is 2. The lowest BCUT2D eigenvalue weighted by atomic mass is 9.91. The van der Waals surface area contributed by atoms with E-state index in [9.17, 15) is 0 Å². The van der Waals surface area contributed by atoms with E-state index in [2.05, 4.69) is 71.3 Å². The number of anilines is 1. The van der Waals surface area contributed by atoms with Gasteiger partial charge in [-0.1, -0.05) is 51.1 Å². The lowest BCUT2D eigenvalue weighted by Crippen LogP contribution is -2.18. The van der Waals surface area contributed by atoms with E-state index in [0.29, 0.717) is 0 Å². The fourth-order valence-electron chi connectivity index (χ4n) is 2.17. The van der Waals surface area contributed by atoms with Crippen molar-refractivity contribution < 1.29 is 0 Å². The van der Waals surface area contributed by atoms with Crippen molar-refractivity contribution in [3.63, 3.8) is 0 Å². The Morgan fingerprint density at radius 2 is 1.71 bits per heavy atom. The highest BCUT2D eigenvalue weighted by Crippen LogP contribution is 2.32. The number of halogens is 1. The third-order valence-electron chi connectivity index (χ3n) is 3.32. The van der Waals surface area contributed by atoms with Crippen molar-refractivity contribution in [3.05, 3.63) is 51.9 Å². The highest BCUT2D eigenvalue weighted by Gasteiger charge is 2.22. The zero-order chi connectivity index (χ0) is 15.5. The van der Waals surface area contributed by atoms with E-state index in [-0.39, 0.29) is 5.41 Å². The van der Waals surface area contributed by atoms with E-state index in [1.165, 1.54) is 5.56 Å². The summed E-state index contributed by atoms with van der Waals surface area (Å²) in [5.74, 6) is 1.74. The van der Waals surface area contributed by atoms with Crippen molar-refractivity contribution in [2.24, 2.45) is 0 Å². The molecule has 2 rings (SSSR count). The molecule has 3 nitrogen and oxygen atoms in total. The van der Waals surface area contributed by atoms with Crippen molar-refractivity contribution in [2.75, 3.05) is 12.4 Å². The molecular formula is C17H22BrN3. The molecule has 4 heteroatoms. The molecule has 0 unspecified atom stereocenters. The molecule has 0 atom stereocenters. The zero-order valence-corrected chi connectivity index (χ0v) is 14.7. The quantitative estimate of drug-likeness (QED) is 0.892. The van der Waals surface area contributed by atoms with Gasteiger partial charge in [0.05, 0.1) is 10.2 Å². The Morgan fingerprint density at radius 1 is 1.05 bits per heavy atom. The van der Waals surface area contributed by atoms with Gasteiger partial charge in [-0.05, 0) is 27.9 Å². The first kappa shape index (κ1) is 16.0. The van der Waals surface area contributed by atoms with Crippen LogP contribution < -0.4 is 5.32 Å². The Bertz CT molecular complexity index is 603. The molecule has 21 heavy (non-hydrogen) atoms. The number of aryl methyl sites for hydroxylation is 2. The predicted octanol–water partition coefficient (Wildman–Crippen LogP) is 4.36. The molecule has 0 saturated heterocycles. The molecule has 1 N–H and O–H groups in total. The van der Waals surface area contributed by atoms with Crippen molar-refractivity contribution in [1.29, 1.82) is 0 Å². The summed E-state index contributed by atoms with van der Waals surface area (Å²) in [4.78, 5) is 9.38. The molecule has 2 aromatic rings. The zero-order valence-electron chi connectivity index (χ0n) is 13.1. The lowest BCUT2D eigenvalue weighted by molar-refractivity contribution is 0.558. The van der Waals surface area contributed by atoms with Gasteiger partial charge in [-0.2, -0.15) is 0 Å². The van der Waals surface area contributed by atoms with Crippen LogP contribution in [0.5, 0.6) is 0 Å². The summed E-state index contributed by atoms with van der Waals surface area (Å²) in [7, 11) is 1.89. The van der Waals surface area contributed by atoms with Gasteiger partial charge in [-0.25, -0.2) is 9.97 Å². The average molecular weight is 348 g/mol. The lowest BCUT2D eigenvalue weighted by Gasteiger charge is -2.21. The Kier molecular flexibility index (Phi) is 4.99. The van der Waals surface area contributed by atoms with Crippen LogP contribution in [0.15, 0.2) is 34.8 Å². The molecule has 1 aromatic carbocycles. The van der Waals surface area contributed by atoms with Crippen LogP contribution in [0.4, 0.5) is 5.82 Å². The number of hydrogen-bond acceptors (Lipinski definition) is 3. The van der Waals surface area contributed by atoms with E-state index in [1.54, 1.807) is 0 Å². The van der Waals surface area contributed by atoms with Gasteiger partial charge in [0.1, 0.15) is 11.6 Å². The highest BCUT2D eigenvalue weighted by molar-refractivity contribution is 9.10. The Hall–Kier alpha value is -1.42. The maximum atomic E-state index is 4.77. The van der Waals surface area contributed by atoms with E-state index in [0.717, 1.165) is 34.7 Å². The van der Waals surface area contributed by atoms with Crippen LogP contribution in [-0.2, 0) is 18.3 Å². The van der Waals surface area contributed by atoms with Gasteiger partial charge in [0, 0.05) is 18.9 Å². The van der Waals surface area contributed by atoms with E-state index < -0.39 is 0 Å². The molecular weight excluding hydrogens is 326 g/mol. The van der Waals surface area contributed by atoms with Gasteiger partial charge in [-0.3, -0.25) is 0 Å². The van der Waals surface area contributed by atoms with Gasteiger partial charge in [-0.15, -0.1) is 0 Å². The number of nitrogens with zero attached hydrogens (tertiary/aromatic N) is 2. The van der Waals surface area contributed by atoms with Gasteiger partial charge in [0.2, 0.25) is 0 Å².